The van der Waals surface area contributed by atoms with Gasteiger partial charge in [-0.15, -0.1) is 0 Å². The van der Waals surface area contributed by atoms with E-state index in [2.05, 4.69) is 11.8 Å². The number of nitro groups is 1. The number of rotatable bonds is 4. The number of amides is 1. The van der Waals surface area contributed by atoms with Crippen LogP contribution in [0.25, 0.3) is 0 Å². The predicted octanol–water partition coefficient (Wildman–Crippen LogP) is 1.54. The second-order valence-corrected chi connectivity index (χ2v) is 6.78. The van der Waals surface area contributed by atoms with Gasteiger partial charge in [0, 0.05) is 50.4 Å². The second-order valence-electron chi connectivity index (χ2n) is 6.78. The van der Waals surface area contributed by atoms with E-state index in [0.717, 1.165) is 31.5 Å². The number of hydrogen-bond donors (Lipinski definition) is 1. The minimum absolute atomic E-state index is 0.0771. The molecule has 1 amide bonds. The van der Waals surface area contributed by atoms with Gasteiger partial charge >= 0.3 is 0 Å². The maximum atomic E-state index is 12.6. The van der Waals surface area contributed by atoms with Crippen LogP contribution in [0, 0.1) is 16.0 Å². The van der Waals surface area contributed by atoms with Crippen molar-refractivity contribution in [3.05, 3.63) is 39.9 Å². The minimum Gasteiger partial charge on any atom is -0.342 e. The van der Waals surface area contributed by atoms with Crippen molar-refractivity contribution in [2.24, 2.45) is 11.7 Å². The monoisotopic (exact) mass is 332 g/mol. The number of carbonyl (C=O) groups excluding carboxylic acids is 1. The van der Waals surface area contributed by atoms with Gasteiger partial charge in [-0.3, -0.25) is 19.8 Å². The third-order valence-electron chi connectivity index (χ3n) is 5.26. The fraction of sp³-hybridized carbons (Fsp3) is 0.588. The van der Waals surface area contributed by atoms with E-state index in [0.29, 0.717) is 13.1 Å². The maximum absolute atomic E-state index is 12.6. The summed E-state index contributed by atoms with van der Waals surface area (Å²) in [5.41, 5.74) is 7.33. The standard InChI is InChI=1S/C17H24N4O3/c1-12(13-4-6-14(7-5-13)21(23)24)20-10-15(16(18)11-20)17(22)19-8-2-3-9-19/h4-7,12,15-16H,2-3,8-11,18H2,1H3/t12?,15-,16+/m1/s1. The fourth-order valence-corrected chi connectivity index (χ4v) is 3.70. The highest BCUT2D eigenvalue weighted by Gasteiger charge is 2.39. The van der Waals surface area contributed by atoms with Crippen LogP contribution >= 0.6 is 0 Å². The van der Waals surface area contributed by atoms with E-state index in [-0.39, 0.29) is 29.6 Å². The predicted molar refractivity (Wildman–Crippen MR) is 90.4 cm³/mol. The summed E-state index contributed by atoms with van der Waals surface area (Å²) < 4.78 is 0. The fourth-order valence-electron chi connectivity index (χ4n) is 3.70. The molecular formula is C17H24N4O3. The van der Waals surface area contributed by atoms with Crippen molar-refractivity contribution >= 4 is 11.6 Å². The SMILES string of the molecule is CC(c1ccc([N+](=O)[O-])cc1)N1C[C@H](N)[C@H](C(=O)N2CCCC2)C1. The van der Waals surface area contributed by atoms with Crippen LogP contribution in [0.2, 0.25) is 0 Å². The first kappa shape index (κ1) is 16.9. The van der Waals surface area contributed by atoms with Crippen LogP contribution in [0.1, 0.15) is 31.4 Å². The van der Waals surface area contributed by atoms with E-state index in [4.69, 9.17) is 5.73 Å². The van der Waals surface area contributed by atoms with Crippen LogP contribution < -0.4 is 5.73 Å². The van der Waals surface area contributed by atoms with E-state index in [1.165, 1.54) is 12.1 Å². The van der Waals surface area contributed by atoms with Gasteiger partial charge in [-0.05, 0) is 25.3 Å². The van der Waals surface area contributed by atoms with Crippen molar-refractivity contribution in [3.63, 3.8) is 0 Å². The van der Waals surface area contributed by atoms with Gasteiger partial charge in [-0.25, -0.2) is 0 Å². The minimum atomic E-state index is -0.398. The molecule has 24 heavy (non-hydrogen) atoms. The highest BCUT2D eigenvalue weighted by molar-refractivity contribution is 5.80. The van der Waals surface area contributed by atoms with Crippen molar-refractivity contribution < 1.29 is 9.72 Å². The van der Waals surface area contributed by atoms with Gasteiger partial charge in [-0.2, -0.15) is 0 Å². The molecule has 2 fully saturated rings. The molecule has 2 N–H and O–H groups in total. The van der Waals surface area contributed by atoms with E-state index >= 15 is 0 Å². The summed E-state index contributed by atoms with van der Waals surface area (Å²) in [5, 5.41) is 10.8. The van der Waals surface area contributed by atoms with Crippen LogP contribution in [0.15, 0.2) is 24.3 Å². The topological polar surface area (TPSA) is 92.7 Å². The van der Waals surface area contributed by atoms with Crippen molar-refractivity contribution in [1.29, 1.82) is 0 Å². The molecule has 2 saturated heterocycles. The molecule has 2 aliphatic rings. The summed E-state index contributed by atoms with van der Waals surface area (Å²) in [6.45, 7) is 5.06. The Bertz CT molecular complexity index is 613. The third kappa shape index (κ3) is 3.27. The molecule has 7 nitrogen and oxygen atoms in total. The van der Waals surface area contributed by atoms with E-state index in [1.807, 2.05) is 4.90 Å². The number of non-ortho nitro benzene ring substituents is 1. The molecule has 0 aliphatic carbocycles. The molecule has 0 saturated carbocycles. The summed E-state index contributed by atoms with van der Waals surface area (Å²) in [6, 6.07) is 6.53. The summed E-state index contributed by atoms with van der Waals surface area (Å²) in [6.07, 6.45) is 2.16. The highest BCUT2D eigenvalue weighted by Crippen LogP contribution is 2.29. The molecule has 130 valence electrons. The second kappa shape index (κ2) is 6.86. The highest BCUT2D eigenvalue weighted by atomic mass is 16.6. The number of nitrogens with zero attached hydrogens (tertiary/aromatic N) is 3. The summed E-state index contributed by atoms with van der Waals surface area (Å²) in [4.78, 5) is 27.1. The third-order valence-corrected chi connectivity index (χ3v) is 5.26. The first-order valence-electron chi connectivity index (χ1n) is 8.50. The molecule has 0 spiro atoms. The number of nitrogens with two attached hydrogens (primary N) is 1. The molecule has 3 rings (SSSR count). The molecule has 1 aromatic carbocycles. The Morgan fingerprint density at radius 1 is 1.25 bits per heavy atom. The van der Waals surface area contributed by atoms with Crippen LogP contribution in [-0.2, 0) is 4.79 Å². The van der Waals surface area contributed by atoms with Crippen molar-refractivity contribution in [3.8, 4) is 0 Å². The largest absolute Gasteiger partial charge is 0.342 e. The first-order valence-corrected chi connectivity index (χ1v) is 8.50. The van der Waals surface area contributed by atoms with Crippen molar-refractivity contribution in [1.82, 2.24) is 9.80 Å². The van der Waals surface area contributed by atoms with Gasteiger partial charge in [0.1, 0.15) is 0 Å². The van der Waals surface area contributed by atoms with Crippen molar-refractivity contribution in [2.45, 2.75) is 31.8 Å². The molecule has 1 unspecified atom stereocenters. The number of carbonyl (C=O) groups is 1. The smallest absolute Gasteiger partial charge is 0.269 e. The van der Waals surface area contributed by atoms with Gasteiger partial charge < -0.3 is 10.6 Å². The van der Waals surface area contributed by atoms with Crippen LogP contribution in [0.5, 0.6) is 0 Å². The van der Waals surface area contributed by atoms with Gasteiger partial charge in [-0.1, -0.05) is 12.1 Å². The zero-order valence-electron chi connectivity index (χ0n) is 13.9. The quantitative estimate of drug-likeness (QED) is 0.667. The summed E-state index contributed by atoms with van der Waals surface area (Å²) >= 11 is 0. The van der Waals surface area contributed by atoms with E-state index in [1.54, 1.807) is 12.1 Å². The summed E-state index contributed by atoms with van der Waals surface area (Å²) in [5.74, 6) is 0.0296. The molecule has 2 heterocycles. The number of benzene rings is 1. The van der Waals surface area contributed by atoms with E-state index < -0.39 is 4.92 Å². The Morgan fingerprint density at radius 2 is 1.88 bits per heavy atom. The first-order chi connectivity index (χ1) is 11.5. The Morgan fingerprint density at radius 3 is 2.46 bits per heavy atom. The van der Waals surface area contributed by atoms with E-state index in [9.17, 15) is 14.9 Å². The van der Waals surface area contributed by atoms with Crippen LogP contribution in [0.4, 0.5) is 5.69 Å². The molecule has 2 aliphatic heterocycles. The Kier molecular flexibility index (Phi) is 4.82. The Balaban J connectivity index is 1.66. The normalized spacial score (nSPS) is 25.8. The zero-order chi connectivity index (χ0) is 17.3. The molecule has 0 bridgehead atoms. The molecule has 3 atom stereocenters. The van der Waals surface area contributed by atoms with Gasteiger partial charge in [0.15, 0.2) is 0 Å². The number of likely N-dealkylation sites (tertiary alicyclic amines) is 2. The van der Waals surface area contributed by atoms with Gasteiger partial charge in [0.2, 0.25) is 5.91 Å². The molecular weight excluding hydrogens is 308 g/mol. The van der Waals surface area contributed by atoms with Crippen LogP contribution in [0.3, 0.4) is 0 Å². The average molecular weight is 332 g/mol. The number of hydrogen-bond acceptors (Lipinski definition) is 5. The average Bonchev–Trinajstić information content (AvgIpc) is 3.23. The molecule has 7 heteroatoms. The van der Waals surface area contributed by atoms with Crippen LogP contribution in [-0.4, -0.2) is 52.9 Å². The van der Waals surface area contributed by atoms with Crippen molar-refractivity contribution in [2.75, 3.05) is 26.2 Å². The number of nitro benzene ring substituents is 1. The lowest BCUT2D eigenvalue weighted by atomic mass is 10.0. The van der Waals surface area contributed by atoms with Gasteiger partial charge in [0.05, 0.1) is 10.8 Å². The summed E-state index contributed by atoms with van der Waals surface area (Å²) in [7, 11) is 0. The molecule has 1 aromatic rings. The molecule has 0 radical (unpaired) electrons. The lowest BCUT2D eigenvalue weighted by Crippen LogP contribution is -2.42. The zero-order valence-corrected chi connectivity index (χ0v) is 13.9. The maximum Gasteiger partial charge on any atom is 0.269 e. The molecule has 0 aromatic heterocycles. The van der Waals surface area contributed by atoms with Gasteiger partial charge in [0.25, 0.3) is 5.69 Å². The lowest BCUT2D eigenvalue weighted by molar-refractivity contribution is -0.384. The Labute approximate surface area is 141 Å². The Hall–Kier alpha value is -1.99. The lowest BCUT2D eigenvalue weighted by Gasteiger charge is -2.25.